The molecule has 0 aliphatic heterocycles. The second kappa shape index (κ2) is 8.04. The van der Waals surface area contributed by atoms with Crippen molar-refractivity contribution in [3.05, 3.63) is 36.3 Å². The average Bonchev–Trinajstić information content (AvgIpc) is 3.11. The van der Waals surface area contributed by atoms with E-state index in [-0.39, 0.29) is 23.9 Å². The summed E-state index contributed by atoms with van der Waals surface area (Å²) >= 11 is 0. The van der Waals surface area contributed by atoms with Gasteiger partial charge in [-0.3, -0.25) is 4.79 Å². The van der Waals surface area contributed by atoms with Gasteiger partial charge in [0.05, 0.1) is 24.0 Å². The third-order valence-corrected chi connectivity index (χ3v) is 5.18. The predicted octanol–water partition coefficient (Wildman–Crippen LogP) is 1.81. The molecular formula is C20H24N6O3. The van der Waals surface area contributed by atoms with Crippen molar-refractivity contribution in [2.75, 3.05) is 12.3 Å². The number of aliphatic hydroxyl groups is 1. The lowest BCUT2D eigenvalue weighted by molar-refractivity contribution is 0.0869. The van der Waals surface area contributed by atoms with Crippen LogP contribution in [0.2, 0.25) is 0 Å². The van der Waals surface area contributed by atoms with Crippen LogP contribution in [-0.4, -0.2) is 49.3 Å². The Balaban J connectivity index is 1.72. The highest BCUT2D eigenvalue weighted by atomic mass is 16.5. The Bertz CT molecular complexity index is 1030. The number of nitrogens with zero attached hydrogens (tertiary/aromatic N) is 4. The fourth-order valence-corrected chi connectivity index (χ4v) is 3.73. The quantitative estimate of drug-likeness (QED) is 0.600. The van der Waals surface area contributed by atoms with E-state index in [4.69, 9.17) is 10.5 Å². The first kappa shape index (κ1) is 19.1. The number of carbonyl (C=O) groups excluding carboxylic acids is 1. The molecule has 0 bridgehead atoms. The Kier molecular flexibility index (Phi) is 5.30. The summed E-state index contributed by atoms with van der Waals surface area (Å²) < 4.78 is 7.11. The van der Waals surface area contributed by atoms with Crippen LogP contribution in [0.4, 0.5) is 5.82 Å². The molecule has 4 N–H and O–H groups in total. The molecule has 4 rings (SSSR count). The maximum atomic E-state index is 13.0. The number of fused-ring (bicyclic) bond motifs is 1. The number of nitrogens with one attached hydrogen (secondary N) is 1. The molecule has 29 heavy (non-hydrogen) atoms. The van der Waals surface area contributed by atoms with Crippen LogP contribution in [0.1, 0.15) is 43.0 Å². The Labute approximate surface area is 167 Å². The van der Waals surface area contributed by atoms with Crippen LogP contribution in [0, 0.1) is 0 Å². The van der Waals surface area contributed by atoms with E-state index in [0.717, 1.165) is 18.4 Å². The standard InChI is InChI=1S/C20H24N6O3/c1-2-29-17-9-12(7-8-22-17)16-10-15(18-19(21)23-11-24-26(16)18)20(28)25-13-3-5-14(27)6-4-13/h7-11,13-14,27H,2-6H2,1H3,(H,25,28)(H2,21,23,24). The van der Waals surface area contributed by atoms with Gasteiger partial charge in [-0.15, -0.1) is 0 Å². The van der Waals surface area contributed by atoms with Crippen LogP contribution in [-0.2, 0) is 0 Å². The van der Waals surface area contributed by atoms with Crippen LogP contribution in [0.3, 0.4) is 0 Å². The van der Waals surface area contributed by atoms with Gasteiger partial charge in [-0.25, -0.2) is 14.5 Å². The molecule has 9 nitrogen and oxygen atoms in total. The number of amides is 1. The van der Waals surface area contributed by atoms with E-state index in [1.165, 1.54) is 6.33 Å². The number of aromatic nitrogens is 4. The lowest BCUT2D eigenvalue weighted by atomic mass is 9.93. The number of aliphatic hydroxyl groups excluding tert-OH is 1. The minimum atomic E-state index is -0.277. The van der Waals surface area contributed by atoms with Gasteiger partial charge in [-0.2, -0.15) is 5.10 Å². The molecule has 0 aromatic carbocycles. The van der Waals surface area contributed by atoms with Gasteiger partial charge >= 0.3 is 0 Å². The lowest BCUT2D eigenvalue weighted by Crippen LogP contribution is -2.38. The van der Waals surface area contributed by atoms with E-state index in [2.05, 4.69) is 20.4 Å². The van der Waals surface area contributed by atoms with Crippen LogP contribution in [0.5, 0.6) is 5.88 Å². The van der Waals surface area contributed by atoms with Crippen LogP contribution in [0.25, 0.3) is 16.8 Å². The minimum absolute atomic E-state index is 0.0284. The zero-order chi connectivity index (χ0) is 20.4. The van der Waals surface area contributed by atoms with Crippen molar-refractivity contribution in [3.8, 4) is 17.1 Å². The smallest absolute Gasteiger partial charge is 0.253 e. The molecule has 1 aliphatic carbocycles. The summed E-state index contributed by atoms with van der Waals surface area (Å²) in [6.45, 7) is 2.39. The molecule has 0 spiro atoms. The molecule has 0 atom stereocenters. The van der Waals surface area contributed by atoms with Crippen molar-refractivity contribution in [1.29, 1.82) is 0 Å². The number of pyridine rings is 1. The SMILES string of the molecule is CCOc1cc(-c2cc(C(=O)NC3CCC(O)CC3)c3c(N)ncnn23)ccn1. The summed E-state index contributed by atoms with van der Waals surface area (Å²) in [4.78, 5) is 21.3. The number of carbonyl (C=O) groups is 1. The van der Waals surface area contributed by atoms with Crippen molar-refractivity contribution in [2.24, 2.45) is 0 Å². The number of nitrogens with two attached hydrogens (primary N) is 1. The topological polar surface area (TPSA) is 128 Å². The van der Waals surface area contributed by atoms with Gasteiger partial charge in [0, 0.05) is 23.9 Å². The fourth-order valence-electron chi connectivity index (χ4n) is 3.73. The summed E-state index contributed by atoms with van der Waals surface area (Å²) in [5.74, 6) is 0.499. The van der Waals surface area contributed by atoms with Crippen LogP contribution >= 0.6 is 0 Å². The highest BCUT2D eigenvalue weighted by molar-refractivity contribution is 6.05. The molecule has 3 heterocycles. The van der Waals surface area contributed by atoms with Crippen LogP contribution < -0.4 is 15.8 Å². The highest BCUT2D eigenvalue weighted by Crippen LogP contribution is 2.29. The summed E-state index contributed by atoms with van der Waals surface area (Å²) in [5, 5.41) is 17.0. The molecule has 1 fully saturated rings. The van der Waals surface area contributed by atoms with Gasteiger partial charge < -0.3 is 20.9 Å². The maximum absolute atomic E-state index is 13.0. The Hall–Kier alpha value is -3.20. The van der Waals surface area contributed by atoms with Crippen molar-refractivity contribution in [2.45, 2.75) is 44.8 Å². The summed E-state index contributed by atoms with van der Waals surface area (Å²) in [6.07, 6.45) is 5.61. The second-order valence-electron chi connectivity index (χ2n) is 7.14. The Morgan fingerprint density at radius 2 is 2.10 bits per heavy atom. The van der Waals surface area contributed by atoms with Crippen molar-refractivity contribution in [3.63, 3.8) is 0 Å². The zero-order valence-electron chi connectivity index (χ0n) is 16.2. The Morgan fingerprint density at radius 3 is 2.86 bits per heavy atom. The molecule has 9 heteroatoms. The Morgan fingerprint density at radius 1 is 1.31 bits per heavy atom. The summed E-state index contributed by atoms with van der Waals surface area (Å²) in [7, 11) is 0. The first-order chi connectivity index (χ1) is 14.1. The van der Waals surface area contributed by atoms with E-state index in [9.17, 15) is 9.90 Å². The molecule has 1 aliphatic rings. The monoisotopic (exact) mass is 396 g/mol. The average molecular weight is 396 g/mol. The first-order valence-electron chi connectivity index (χ1n) is 9.77. The maximum Gasteiger partial charge on any atom is 0.253 e. The number of ether oxygens (including phenoxy) is 1. The molecule has 0 unspecified atom stereocenters. The third kappa shape index (κ3) is 3.86. The normalized spacial score (nSPS) is 19.2. The lowest BCUT2D eigenvalue weighted by Gasteiger charge is -2.26. The number of nitrogen functional groups attached to an aromatic ring is 1. The van der Waals surface area contributed by atoms with Crippen molar-refractivity contribution in [1.82, 2.24) is 24.9 Å². The van der Waals surface area contributed by atoms with E-state index in [1.807, 2.05) is 13.0 Å². The van der Waals surface area contributed by atoms with Crippen LogP contribution in [0.15, 0.2) is 30.7 Å². The third-order valence-electron chi connectivity index (χ3n) is 5.18. The second-order valence-corrected chi connectivity index (χ2v) is 7.14. The first-order valence-corrected chi connectivity index (χ1v) is 9.77. The highest BCUT2D eigenvalue weighted by Gasteiger charge is 2.25. The summed E-state index contributed by atoms with van der Waals surface area (Å²) in [5.41, 5.74) is 8.47. The van der Waals surface area contributed by atoms with Gasteiger partial charge in [-0.1, -0.05) is 0 Å². The van der Waals surface area contributed by atoms with Gasteiger partial charge in [0.15, 0.2) is 5.82 Å². The molecule has 1 saturated carbocycles. The minimum Gasteiger partial charge on any atom is -0.478 e. The number of hydrogen-bond donors (Lipinski definition) is 3. The fraction of sp³-hybridized carbons (Fsp3) is 0.400. The van der Waals surface area contributed by atoms with E-state index in [0.29, 0.717) is 42.1 Å². The molecule has 3 aromatic rings. The predicted molar refractivity (Wildman–Crippen MR) is 108 cm³/mol. The number of rotatable bonds is 5. The van der Waals surface area contributed by atoms with E-state index < -0.39 is 0 Å². The van der Waals surface area contributed by atoms with Gasteiger partial charge in [0.25, 0.3) is 5.91 Å². The molecule has 152 valence electrons. The number of hydrogen-bond acceptors (Lipinski definition) is 7. The van der Waals surface area contributed by atoms with Crippen molar-refractivity contribution >= 4 is 17.2 Å². The molecule has 0 saturated heterocycles. The molecule has 1 amide bonds. The molecule has 3 aromatic heterocycles. The summed E-state index contributed by atoms with van der Waals surface area (Å²) in [6, 6.07) is 5.42. The van der Waals surface area contributed by atoms with Gasteiger partial charge in [0.2, 0.25) is 5.88 Å². The molecular weight excluding hydrogens is 372 g/mol. The van der Waals surface area contributed by atoms with Gasteiger partial charge in [-0.05, 0) is 44.7 Å². The molecule has 0 radical (unpaired) electrons. The zero-order valence-corrected chi connectivity index (χ0v) is 16.2. The van der Waals surface area contributed by atoms with Gasteiger partial charge in [0.1, 0.15) is 11.8 Å². The van der Waals surface area contributed by atoms with Crippen molar-refractivity contribution < 1.29 is 14.6 Å². The number of anilines is 1. The largest absolute Gasteiger partial charge is 0.478 e. The van der Waals surface area contributed by atoms with E-state index >= 15 is 0 Å². The van der Waals surface area contributed by atoms with E-state index in [1.54, 1.807) is 22.8 Å².